The predicted octanol–water partition coefficient (Wildman–Crippen LogP) is 5.27. The molecule has 4 rings (SSSR count). The van der Waals surface area contributed by atoms with Gasteiger partial charge in [0.25, 0.3) is 0 Å². The number of Topliss-reactive ketones (excluding diaryl/α,β-unsaturated/α-hetero) is 1. The summed E-state index contributed by atoms with van der Waals surface area (Å²) in [6, 6.07) is 0. The lowest BCUT2D eigenvalue weighted by Crippen LogP contribution is -2.64. The molecule has 0 N–H and O–H groups in total. The molecule has 216 valence electrons. The van der Waals surface area contributed by atoms with E-state index in [9.17, 15) is 19.2 Å². The van der Waals surface area contributed by atoms with Gasteiger partial charge in [0.05, 0.1) is 0 Å². The number of ether oxygens (including phenoxy) is 3. The first kappa shape index (κ1) is 29.7. The zero-order chi connectivity index (χ0) is 29.0. The molecule has 0 saturated heterocycles. The molecule has 0 amide bonds. The molecule has 0 aromatic heterocycles. The van der Waals surface area contributed by atoms with Crippen molar-refractivity contribution >= 4 is 32.0 Å². The summed E-state index contributed by atoms with van der Waals surface area (Å²) in [5, 5.41) is 0. The van der Waals surface area contributed by atoms with Crippen LogP contribution in [0.15, 0.2) is 23.5 Å². The molecule has 0 aromatic rings. The summed E-state index contributed by atoms with van der Waals surface area (Å²) in [4.78, 5) is 49.4. The Hall–Kier alpha value is -2.26. The minimum atomic E-state index is -2.02. The van der Waals surface area contributed by atoms with E-state index in [4.69, 9.17) is 18.6 Å². The lowest BCUT2D eigenvalue weighted by atomic mass is 9.46. The second-order valence-electron chi connectivity index (χ2n) is 13.4. The third-order valence-electron chi connectivity index (χ3n) is 9.72. The quantitative estimate of drug-likeness (QED) is 0.236. The van der Waals surface area contributed by atoms with Gasteiger partial charge in [0.1, 0.15) is 5.76 Å². The fourth-order valence-corrected chi connectivity index (χ4v) is 9.57. The molecule has 39 heavy (non-hydrogen) atoms. The Balaban J connectivity index is 1.80. The second-order valence-corrected chi connectivity index (χ2v) is 17.8. The van der Waals surface area contributed by atoms with Crippen molar-refractivity contribution in [2.75, 3.05) is 6.61 Å². The highest BCUT2D eigenvalue weighted by atomic mass is 28.4. The van der Waals surface area contributed by atoms with Crippen molar-refractivity contribution in [1.29, 1.82) is 0 Å². The monoisotopic (exact) mass is 560 g/mol. The van der Waals surface area contributed by atoms with E-state index < -0.39 is 37.9 Å². The van der Waals surface area contributed by atoms with Crippen molar-refractivity contribution in [1.82, 2.24) is 0 Å². The van der Waals surface area contributed by atoms with Crippen molar-refractivity contribution < 1.29 is 37.8 Å². The molecule has 2 saturated carbocycles. The van der Waals surface area contributed by atoms with Gasteiger partial charge >= 0.3 is 17.9 Å². The lowest BCUT2D eigenvalue weighted by Gasteiger charge is -2.61. The Morgan fingerprint density at radius 3 is 2.28 bits per heavy atom. The molecule has 7 atom stereocenters. The highest BCUT2D eigenvalue weighted by Gasteiger charge is 2.70. The normalized spacial score (nSPS) is 37.3. The van der Waals surface area contributed by atoms with Crippen molar-refractivity contribution in [2.45, 2.75) is 104 Å². The molecule has 0 aromatic carbocycles. The Morgan fingerprint density at radius 1 is 1.00 bits per heavy atom. The van der Waals surface area contributed by atoms with Crippen LogP contribution in [0, 0.1) is 28.6 Å². The summed E-state index contributed by atoms with van der Waals surface area (Å²) in [6.07, 6.45) is 8.21. The standard InChI is InChI=1S/C30H44O8Si/c1-18(31)35-17-26(34)30(37-20(3)33)14-12-24-23-10-9-21-15-22(36-19(2)32)11-13-28(21,4)27(23)25(16-29(24,30)5)38-39(6,7)8/h9,15,23-25,27H,10-14,16-17H2,1-8H3/t23-,24-,25?,27+,28-,29-,30-/m0/s1. The molecule has 4 aliphatic carbocycles. The van der Waals surface area contributed by atoms with Gasteiger partial charge in [-0.2, -0.15) is 0 Å². The lowest BCUT2D eigenvalue weighted by molar-refractivity contribution is -0.198. The van der Waals surface area contributed by atoms with E-state index in [0.29, 0.717) is 25.0 Å². The van der Waals surface area contributed by atoms with Gasteiger partial charge in [-0.3, -0.25) is 19.2 Å². The molecule has 0 radical (unpaired) electrons. The first-order valence-electron chi connectivity index (χ1n) is 14.2. The van der Waals surface area contributed by atoms with Gasteiger partial charge in [0, 0.05) is 38.7 Å². The minimum absolute atomic E-state index is 0.123. The van der Waals surface area contributed by atoms with Gasteiger partial charge in [0.2, 0.25) is 5.78 Å². The summed E-state index contributed by atoms with van der Waals surface area (Å²) in [5.74, 6) is -0.453. The summed E-state index contributed by atoms with van der Waals surface area (Å²) in [6.45, 7) is 14.5. The van der Waals surface area contributed by atoms with Crippen molar-refractivity contribution in [2.24, 2.45) is 28.6 Å². The number of rotatable bonds is 7. The van der Waals surface area contributed by atoms with Crippen LogP contribution in [0.1, 0.15) is 73.1 Å². The number of hydrogen-bond donors (Lipinski definition) is 0. The zero-order valence-corrected chi connectivity index (χ0v) is 25.7. The molecule has 9 heteroatoms. The molecule has 4 aliphatic rings. The van der Waals surface area contributed by atoms with Gasteiger partial charge in [-0.25, -0.2) is 0 Å². The summed E-state index contributed by atoms with van der Waals surface area (Å²) in [5.41, 5.74) is -1.03. The van der Waals surface area contributed by atoms with Crippen molar-refractivity contribution in [3.8, 4) is 0 Å². The molecule has 0 heterocycles. The summed E-state index contributed by atoms with van der Waals surface area (Å²) in [7, 11) is -2.02. The largest absolute Gasteiger partial charge is 0.458 e. The van der Waals surface area contributed by atoms with Crippen LogP contribution in [0.2, 0.25) is 19.6 Å². The maximum atomic E-state index is 13.8. The fraction of sp³-hybridized carbons (Fsp3) is 0.733. The SMILES string of the molecule is CC(=O)OCC(=O)[C@@]1(OC(C)=O)CC[C@H]2[C@@H]3CC=C4C=C(OC(C)=O)CC[C@]4(C)[C@H]3C(O[Si](C)(C)C)C[C@@]21C. The Bertz CT molecular complexity index is 1120. The van der Waals surface area contributed by atoms with Gasteiger partial charge in [-0.05, 0) is 86.6 Å². The first-order valence-corrected chi connectivity index (χ1v) is 17.6. The van der Waals surface area contributed by atoms with Gasteiger partial charge in [-0.1, -0.05) is 19.9 Å². The van der Waals surface area contributed by atoms with Gasteiger partial charge in [0.15, 0.2) is 20.5 Å². The number of allylic oxidation sites excluding steroid dienone is 4. The van der Waals surface area contributed by atoms with Crippen LogP contribution in [-0.2, 0) is 37.8 Å². The second kappa shape index (κ2) is 10.3. The first-order chi connectivity index (χ1) is 18.0. The third kappa shape index (κ3) is 5.28. The predicted molar refractivity (Wildman–Crippen MR) is 147 cm³/mol. The number of hydrogen-bond acceptors (Lipinski definition) is 8. The molecular formula is C30H44O8Si. The molecule has 2 fully saturated rings. The molecular weight excluding hydrogens is 516 g/mol. The molecule has 0 spiro atoms. The highest BCUT2D eigenvalue weighted by molar-refractivity contribution is 6.69. The van der Waals surface area contributed by atoms with Crippen molar-refractivity contribution in [3.05, 3.63) is 23.5 Å². The van der Waals surface area contributed by atoms with Crippen LogP contribution in [0.5, 0.6) is 0 Å². The van der Waals surface area contributed by atoms with Crippen LogP contribution in [0.3, 0.4) is 0 Å². The summed E-state index contributed by atoms with van der Waals surface area (Å²) >= 11 is 0. The van der Waals surface area contributed by atoms with E-state index >= 15 is 0 Å². The number of carbonyl (C=O) groups is 4. The number of ketones is 1. The maximum absolute atomic E-state index is 13.8. The van der Waals surface area contributed by atoms with E-state index in [1.165, 1.54) is 26.3 Å². The van der Waals surface area contributed by atoms with E-state index in [2.05, 4.69) is 39.6 Å². The van der Waals surface area contributed by atoms with Gasteiger partial charge < -0.3 is 18.6 Å². The van der Waals surface area contributed by atoms with E-state index in [1.54, 1.807) is 0 Å². The minimum Gasteiger partial charge on any atom is -0.458 e. The number of fused-ring (bicyclic) bond motifs is 5. The molecule has 8 nitrogen and oxygen atoms in total. The Labute approximate surface area is 233 Å². The topological polar surface area (TPSA) is 105 Å². The number of esters is 3. The molecule has 0 aliphatic heterocycles. The van der Waals surface area contributed by atoms with E-state index in [-0.39, 0.29) is 41.0 Å². The van der Waals surface area contributed by atoms with E-state index in [1.807, 2.05) is 6.08 Å². The van der Waals surface area contributed by atoms with Crippen LogP contribution in [0.25, 0.3) is 0 Å². The average Bonchev–Trinajstić information content (AvgIpc) is 3.08. The fourth-order valence-electron chi connectivity index (χ4n) is 8.43. The Kier molecular flexibility index (Phi) is 7.84. The zero-order valence-electron chi connectivity index (χ0n) is 24.7. The Morgan fingerprint density at radius 2 is 1.69 bits per heavy atom. The van der Waals surface area contributed by atoms with Crippen LogP contribution < -0.4 is 0 Å². The van der Waals surface area contributed by atoms with E-state index in [0.717, 1.165) is 19.3 Å². The van der Waals surface area contributed by atoms with Crippen molar-refractivity contribution in [3.63, 3.8) is 0 Å². The molecule has 0 bridgehead atoms. The third-order valence-corrected chi connectivity index (χ3v) is 10.7. The summed E-state index contributed by atoms with van der Waals surface area (Å²) < 4.78 is 23.6. The van der Waals surface area contributed by atoms with Gasteiger partial charge in [-0.15, -0.1) is 0 Å². The van der Waals surface area contributed by atoms with Crippen LogP contribution in [-0.4, -0.2) is 50.3 Å². The smallest absolute Gasteiger partial charge is 0.307 e. The van der Waals surface area contributed by atoms with Crippen LogP contribution in [0.4, 0.5) is 0 Å². The number of carbonyl (C=O) groups excluding carboxylic acids is 4. The van der Waals surface area contributed by atoms with Crippen LogP contribution >= 0.6 is 0 Å². The maximum Gasteiger partial charge on any atom is 0.307 e. The average molecular weight is 561 g/mol. The highest BCUT2D eigenvalue weighted by Crippen LogP contribution is 2.68. The molecule has 1 unspecified atom stereocenters.